The van der Waals surface area contributed by atoms with E-state index >= 15 is 0 Å². The standard InChI is InChI=1S/C27H36N4O3/c1-19(26(34)18-30-12-8-21-5-3-4-6-23(21)17-30)15-25(33)22-7-11-28-27(16-22)29-24-9-13-31(14-10-24)20(2)32/h3-7,11,16,19,24,26,34H,8-10,12-15,17-18H2,1-2H3,(H,28,29). The smallest absolute Gasteiger partial charge is 0.219 e. The van der Waals surface area contributed by atoms with Crippen molar-refractivity contribution in [2.75, 3.05) is 31.5 Å². The zero-order chi connectivity index (χ0) is 24.1. The third kappa shape index (κ3) is 6.21. The maximum atomic E-state index is 13.0. The molecule has 0 saturated carbocycles. The van der Waals surface area contributed by atoms with Gasteiger partial charge in [-0.3, -0.25) is 14.5 Å². The van der Waals surface area contributed by atoms with Crippen LogP contribution in [-0.4, -0.2) is 69.9 Å². The monoisotopic (exact) mass is 464 g/mol. The minimum absolute atomic E-state index is 0.0207. The third-order valence-corrected chi connectivity index (χ3v) is 7.19. The summed E-state index contributed by atoms with van der Waals surface area (Å²) in [6.45, 7) is 7.38. The van der Waals surface area contributed by atoms with E-state index in [1.54, 1.807) is 25.3 Å². The molecule has 2 unspecified atom stereocenters. The molecule has 7 heteroatoms. The molecule has 2 aromatic rings. The summed E-state index contributed by atoms with van der Waals surface area (Å²) < 4.78 is 0. The van der Waals surface area contributed by atoms with Gasteiger partial charge in [-0.2, -0.15) is 0 Å². The lowest BCUT2D eigenvalue weighted by Gasteiger charge is -2.32. The number of likely N-dealkylation sites (tertiary alicyclic amines) is 1. The van der Waals surface area contributed by atoms with Crippen LogP contribution in [0, 0.1) is 5.92 Å². The number of nitrogens with one attached hydrogen (secondary N) is 1. The number of Topliss-reactive ketones (excluding diaryl/α,β-unsaturated/α-hetero) is 1. The van der Waals surface area contributed by atoms with Gasteiger partial charge in [0, 0.05) is 63.9 Å². The van der Waals surface area contributed by atoms with Crippen LogP contribution in [0.3, 0.4) is 0 Å². The summed E-state index contributed by atoms with van der Waals surface area (Å²) in [5, 5.41) is 14.2. The van der Waals surface area contributed by atoms with E-state index in [-0.39, 0.29) is 23.7 Å². The van der Waals surface area contributed by atoms with Crippen molar-refractivity contribution in [3.63, 3.8) is 0 Å². The molecule has 1 aromatic carbocycles. The van der Waals surface area contributed by atoms with Gasteiger partial charge in [-0.25, -0.2) is 4.98 Å². The van der Waals surface area contributed by atoms with Crippen LogP contribution in [0.1, 0.15) is 54.6 Å². The van der Waals surface area contributed by atoms with E-state index < -0.39 is 6.10 Å². The number of amides is 1. The molecule has 2 aliphatic rings. The summed E-state index contributed by atoms with van der Waals surface area (Å²) in [5.41, 5.74) is 3.33. The minimum Gasteiger partial charge on any atom is -0.392 e. The number of benzene rings is 1. The second-order valence-corrected chi connectivity index (χ2v) is 9.78. The molecule has 1 fully saturated rings. The van der Waals surface area contributed by atoms with E-state index in [4.69, 9.17) is 0 Å². The molecule has 7 nitrogen and oxygen atoms in total. The third-order valence-electron chi connectivity index (χ3n) is 7.19. The van der Waals surface area contributed by atoms with Crippen LogP contribution in [0.15, 0.2) is 42.6 Å². The maximum absolute atomic E-state index is 13.0. The topological polar surface area (TPSA) is 85.8 Å². The van der Waals surface area contributed by atoms with Crippen molar-refractivity contribution in [3.8, 4) is 0 Å². The Bertz CT molecular complexity index is 1000. The first-order valence-electron chi connectivity index (χ1n) is 12.4. The number of pyridine rings is 1. The Morgan fingerprint density at radius 3 is 2.62 bits per heavy atom. The number of rotatable bonds is 8. The normalized spacial score (nSPS) is 18.7. The molecule has 34 heavy (non-hydrogen) atoms. The molecule has 1 saturated heterocycles. The zero-order valence-corrected chi connectivity index (χ0v) is 20.2. The lowest BCUT2D eigenvalue weighted by Crippen LogP contribution is -2.41. The molecule has 2 atom stereocenters. The van der Waals surface area contributed by atoms with Gasteiger partial charge in [-0.1, -0.05) is 31.2 Å². The maximum Gasteiger partial charge on any atom is 0.219 e. The highest BCUT2D eigenvalue weighted by Crippen LogP contribution is 2.22. The largest absolute Gasteiger partial charge is 0.392 e. The van der Waals surface area contributed by atoms with Gasteiger partial charge in [0.25, 0.3) is 0 Å². The number of aliphatic hydroxyl groups is 1. The minimum atomic E-state index is -0.555. The molecule has 0 bridgehead atoms. The van der Waals surface area contributed by atoms with Gasteiger partial charge in [0.1, 0.15) is 5.82 Å². The van der Waals surface area contributed by atoms with Gasteiger partial charge < -0.3 is 15.3 Å². The molecule has 182 valence electrons. The quantitative estimate of drug-likeness (QED) is 0.584. The van der Waals surface area contributed by atoms with E-state index in [0.29, 0.717) is 24.3 Å². The van der Waals surface area contributed by atoms with Gasteiger partial charge in [0.05, 0.1) is 6.10 Å². The number of nitrogens with zero attached hydrogens (tertiary/aromatic N) is 3. The summed E-state index contributed by atoms with van der Waals surface area (Å²) in [6, 6.07) is 12.3. The van der Waals surface area contributed by atoms with Crippen molar-refractivity contribution in [1.82, 2.24) is 14.8 Å². The Morgan fingerprint density at radius 1 is 1.15 bits per heavy atom. The number of fused-ring (bicyclic) bond motifs is 1. The van der Waals surface area contributed by atoms with Crippen LogP contribution < -0.4 is 5.32 Å². The van der Waals surface area contributed by atoms with Crippen LogP contribution in [-0.2, 0) is 17.8 Å². The Kier molecular flexibility index (Phi) is 7.95. The predicted octanol–water partition coefficient (Wildman–Crippen LogP) is 3.13. The summed E-state index contributed by atoms with van der Waals surface area (Å²) in [5.74, 6) is 0.690. The average Bonchev–Trinajstić information content (AvgIpc) is 2.84. The van der Waals surface area contributed by atoms with Crippen LogP contribution in [0.2, 0.25) is 0 Å². The Balaban J connectivity index is 1.27. The molecular formula is C27H36N4O3. The van der Waals surface area contributed by atoms with Crippen LogP contribution in [0.5, 0.6) is 0 Å². The number of β-amino-alcohol motifs (C(OH)–C–C–N with tert-alkyl or cyclic N) is 1. The predicted molar refractivity (Wildman–Crippen MR) is 133 cm³/mol. The number of aliphatic hydroxyl groups excluding tert-OH is 1. The van der Waals surface area contributed by atoms with Gasteiger partial charge >= 0.3 is 0 Å². The van der Waals surface area contributed by atoms with Crippen molar-refractivity contribution in [2.45, 2.75) is 58.2 Å². The Labute approximate surface area is 202 Å². The first kappa shape index (κ1) is 24.4. The number of carbonyl (C=O) groups excluding carboxylic acids is 2. The fourth-order valence-electron chi connectivity index (χ4n) is 4.93. The number of ketones is 1. The number of carbonyl (C=O) groups is 2. The molecule has 0 radical (unpaired) electrons. The summed E-state index contributed by atoms with van der Waals surface area (Å²) in [4.78, 5) is 33.0. The summed E-state index contributed by atoms with van der Waals surface area (Å²) >= 11 is 0. The first-order chi connectivity index (χ1) is 16.4. The van der Waals surface area contributed by atoms with Crippen LogP contribution in [0.25, 0.3) is 0 Å². The van der Waals surface area contributed by atoms with Crippen molar-refractivity contribution >= 4 is 17.5 Å². The summed E-state index contributed by atoms with van der Waals surface area (Å²) in [7, 11) is 0. The molecular weight excluding hydrogens is 428 g/mol. The molecule has 1 amide bonds. The van der Waals surface area contributed by atoms with E-state index in [2.05, 4.69) is 39.5 Å². The lowest BCUT2D eigenvalue weighted by molar-refractivity contribution is -0.129. The van der Waals surface area contributed by atoms with E-state index in [1.165, 1.54) is 11.1 Å². The number of hydrogen-bond donors (Lipinski definition) is 2. The molecule has 3 heterocycles. The van der Waals surface area contributed by atoms with Gasteiger partial charge in [-0.05, 0) is 48.4 Å². The molecule has 1 aromatic heterocycles. The highest BCUT2D eigenvalue weighted by molar-refractivity contribution is 5.96. The van der Waals surface area contributed by atoms with Gasteiger partial charge in [0.15, 0.2) is 5.78 Å². The van der Waals surface area contributed by atoms with Crippen molar-refractivity contribution in [3.05, 3.63) is 59.3 Å². The highest BCUT2D eigenvalue weighted by Gasteiger charge is 2.24. The van der Waals surface area contributed by atoms with E-state index in [0.717, 1.165) is 45.4 Å². The van der Waals surface area contributed by atoms with Gasteiger partial charge in [0.2, 0.25) is 5.91 Å². The Morgan fingerprint density at radius 2 is 1.88 bits per heavy atom. The number of aromatic nitrogens is 1. The van der Waals surface area contributed by atoms with Crippen LogP contribution in [0.4, 0.5) is 5.82 Å². The molecule has 0 spiro atoms. The number of anilines is 1. The lowest BCUT2D eigenvalue weighted by atomic mass is 9.94. The SMILES string of the molecule is CC(=O)N1CCC(Nc2cc(C(=O)CC(C)C(O)CN3CCc4ccccc4C3)ccn2)CC1. The van der Waals surface area contributed by atoms with Crippen molar-refractivity contribution in [2.24, 2.45) is 5.92 Å². The fourth-order valence-corrected chi connectivity index (χ4v) is 4.93. The average molecular weight is 465 g/mol. The van der Waals surface area contributed by atoms with Crippen molar-refractivity contribution in [1.29, 1.82) is 0 Å². The second kappa shape index (κ2) is 11.1. The molecule has 2 N–H and O–H groups in total. The molecule has 2 aliphatic heterocycles. The Hall–Kier alpha value is -2.77. The van der Waals surface area contributed by atoms with Crippen molar-refractivity contribution < 1.29 is 14.7 Å². The second-order valence-electron chi connectivity index (χ2n) is 9.78. The van der Waals surface area contributed by atoms with Gasteiger partial charge in [-0.15, -0.1) is 0 Å². The van der Waals surface area contributed by atoms with E-state index in [9.17, 15) is 14.7 Å². The molecule has 0 aliphatic carbocycles. The summed E-state index contributed by atoms with van der Waals surface area (Å²) in [6.07, 6.45) is 4.13. The number of hydrogen-bond acceptors (Lipinski definition) is 6. The molecule has 4 rings (SSSR count). The van der Waals surface area contributed by atoms with E-state index in [1.807, 2.05) is 11.8 Å². The highest BCUT2D eigenvalue weighted by atomic mass is 16.3. The first-order valence-corrected chi connectivity index (χ1v) is 12.4. The van der Waals surface area contributed by atoms with Crippen LogP contribution >= 0.6 is 0 Å². The number of piperidine rings is 1. The zero-order valence-electron chi connectivity index (χ0n) is 20.2. The fraction of sp³-hybridized carbons (Fsp3) is 0.519.